The lowest BCUT2D eigenvalue weighted by Gasteiger charge is -2.14. The third kappa shape index (κ3) is 3.72. The van der Waals surface area contributed by atoms with Gasteiger partial charge < -0.3 is 0 Å². The lowest BCUT2D eigenvalue weighted by molar-refractivity contribution is 0.468. The Labute approximate surface area is 69.4 Å². The molecule has 3 nitrogen and oxygen atoms in total. The van der Waals surface area contributed by atoms with Crippen LogP contribution in [0.1, 0.15) is 26.7 Å². The van der Waals surface area contributed by atoms with Crippen molar-refractivity contribution in [3.05, 3.63) is 0 Å². The van der Waals surface area contributed by atoms with E-state index >= 15 is 0 Å². The molecule has 0 rings (SSSR count). The monoisotopic (exact) mass is 179 g/mol. The molecule has 0 unspecified atom stereocenters. The lowest BCUT2D eigenvalue weighted by atomic mass is 10.5. The van der Waals surface area contributed by atoms with E-state index in [1.165, 1.54) is 4.31 Å². The summed E-state index contributed by atoms with van der Waals surface area (Å²) in [6, 6.07) is 0. The summed E-state index contributed by atoms with van der Waals surface area (Å²) >= 11 is 0. The van der Waals surface area contributed by atoms with Crippen LogP contribution in [-0.2, 0) is 10.0 Å². The van der Waals surface area contributed by atoms with Gasteiger partial charge in [0.15, 0.2) is 0 Å². The van der Waals surface area contributed by atoms with Crippen LogP contribution >= 0.6 is 0 Å². The molecule has 0 bridgehead atoms. The van der Waals surface area contributed by atoms with E-state index in [1.54, 1.807) is 7.05 Å². The van der Waals surface area contributed by atoms with E-state index in [1.807, 2.05) is 13.8 Å². The standard InChI is InChI=1S/C7H17NO2S/c1-4-6-8(3)11(9,10)7-5-2/h4-7H2,1-3H3. The zero-order chi connectivity index (χ0) is 8.91. The van der Waals surface area contributed by atoms with E-state index in [2.05, 4.69) is 0 Å². The zero-order valence-electron chi connectivity index (χ0n) is 7.50. The highest BCUT2D eigenvalue weighted by Crippen LogP contribution is 2.00. The number of hydrogen-bond donors (Lipinski definition) is 0. The minimum Gasteiger partial charge on any atom is -0.212 e. The van der Waals surface area contributed by atoms with Crippen molar-refractivity contribution in [2.45, 2.75) is 26.7 Å². The second-order valence-electron chi connectivity index (χ2n) is 2.64. The highest BCUT2D eigenvalue weighted by molar-refractivity contribution is 7.89. The van der Waals surface area contributed by atoms with Crippen LogP contribution in [0.25, 0.3) is 0 Å². The molecular weight excluding hydrogens is 162 g/mol. The van der Waals surface area contributed by atoms with Crippen molar-refractivity contribution in [1.29, 1.82) is 0 Å². The van der Waals surface area contributed by atoms with Crippen LogP contribution in [0.15, 0.2) is 0 Å². The molecule has 0 aromatic heterocycles. The van der Waals surface area contributed by atoms with Crippen molar-refractivity contribution in [3.8, 4) is 0 Å². The number of nitrogens with zero attached hydrogens (tertiary/aromatic N) is 1. The summed E-state index contributed by atoms with van der Waals surface area (Å²) in [6.45, 7) is 4.47. The van der Waals surface area contributed by atoms with Gasteiger partial charge in [0.25, 0.3) is 0 Å². The molecule has 0 spiro atoms. The fraction of sp³-hybridized carbons (Fsp3) is 1.00. The van der Waals surface area contributed by atoms with Gasteiger partial charge in [-0.3, -0.25) is 0 Å². The van der Waals surface area contributed by atoms with E-state index in [9.17, 15) is 8.42 Å². The summed E-state index contributed by atoms with van der Waals surface area (Å²) < 4.78 is 23.9. The summed E-state index contributed by atoms with van der Waals surface area (Å²) in [4.78, 5) is 0. The van der Waals surface area contributed by atoms with E-state index in [0.29, 0.717) is 13.0 Å². The van der Waals surface area contributed by atoms with Gasteiger partial charge in [0.2, 0.25) is 10.0 Å². The first kappa shape index (κ1) is 10.9. The van der Waals surface area contributed by atoms with Gasteiger partial charge in [-0.25, -0.2) is 12.7 Å². The lowest BCUT2D eigenvalue weighted by Crippen LogP contribution is -2.29. The Morgan fingerprint density at radius 2 is 1.73 bits per heavy atom. The Balaban J connectivity index is 4.07. The Hall–Kier alpha value is -0.0900. The fourth-order valence-electron chi connectivity index (χ4n) is 0.868. The molecule has 0 fully saturated rings. The molecule has 0 aromatic rings. The predicted molar refractivity (Wildman–Crippen MR) is 47.0 cm³/mol. The maximum Gasteiger partial charge on any atom is 0.213 e. The average molecular weight is 179 g/mol. The smallest absolute Gasteiger partial charge is 0.212 e. The summed E-state index contributed by atoms with van der Waals surface area (Å²) in [5, 5.41) is 0. The molecule has 0 aliphatic heterocycles. The summed E-state index contributed by atoms with van der Waals surface area (Å²) in [5.41, 5.74) is 0. The Morgan fingerprint density at radius 3 is 2.09 bits per heavy atom. The van der Waals surface area contributed by atoms with Crippen molar-refractivity contribution >= 4 is 10.0 Å². The Bertz CT molecular complexity index is 187. The van der Waals surface area contributed by atoms with Crippen molar-refractivity contribution in [1.82, 2.24) is 4.31 Å². The van der Waals surface area contributed by atoms with Gasteiger partial charge in [-0.2, -0.15) is 0 Å². The molecule has 0 N–H and O–H groups in total. The summed E-state index contributed by atoms with van der Waals surface area (Å²) in [7, 11) is -1.31. The van der Waals surface area contributed by atoms with Crippen molar-refractivity contribution in [2.24, 2.45) is 0 Å². The molecule has 0 amide bonds. The largest absolute Gasteiger partial charge is 0.213 e. The van der Waals surface area contributed by atoms with Crippen molar-refractivity contribution in [3.63, 3.8) is 0 Å². The maximum atomic E-state index is 11.2. The molecule has 0 atom stereocenters. The molecule has 0 aliphatic carbocycles. The Morgan fingerprint density at radius 1 is 1.18 bits per heavy atom. The van der Waals surface area contributed by atoms with Crippen LogP contribution in [0.5, 0.6) is 0 Å². The third-order valence-electron chi connectivity index (χ3n) is 1.48. The van der Waals surface area contributed by atoms with Crippen LogP contribution in [0, 0.1) is 0 Å². The predicted octanol–water partition coefficient (Wildman–Crippen LogP) is 1.07. The molecule has 0 aromatic carbocycles. The maximum absolute atomic E-state index is 11.2. The second kappa shape index (κ2) is 4.72. The highest BCUT2D eigenvalue weighted by atomic mass is 32.2. The molecule has 0 saturated carbocycles. The zero-order valence-corrected chi connectivity index (χ0v) is 8.32. The molecule has 68 valence electrons. The van der Waals surface area contributed by atoms with Gasteiger partial charge in [0.05, 0.1) is 5.75 Å². The van der Waals surface area contributed by atoms with Crippen LogP contribution < -0.4 is 0 Å². The van der Waals surface area contributed by atoms with Gasteiger partial charge in [-0.05, 0) is 12.8 Å². The number of hydrogen-bond acceptors (Lipinski definition) is 2. The minimum atomic E-state index is -2.94. The SMILES string of the molecule is CCCN(C)S(=O)(=O)CCC. The number of sulfonamides is 1. The van der Waals surface area contributed by atoms with Crippen molar-refractivity contribution in [2.75, 3.05) is 19.3 Å². The fourth-order valence-corrected chi connectivity index (χ4v) is 2.16. The van der Waals surface area contributed by atoms with Gasteiger partial charge in [-0.1, -0.05) is 13.8 Å². The topological polar surface area (TPSA) is 37.4 Å². The van der Waals surface area contributed by atoms with Crippen LogP contribution in [0.2, 0.25) is 0 Å². The van der Waals surface area contributed by atoms with Gasteiger partial charge in [0.1, 0.15) is 0 Å². The van der Waals surface area contributed by atoms with Crippen LogP contribution in [-0.4, -0.2) is 32.1 Å². The highest BCUT2D eigenvalue weighted by Gasteiger charge is 2.14. The van der Waals surface area contributed by atoms with E-state index in [-0.39, 0.29) is 5.75 Å². The second-order valence-corrected chi connectivity index (χ2v) is 4.83. The molecule has 4 heteroatoms. The van der Waals surface area contributed by atoms with Crippen molar-refractivity contribution < 1.29 is 8.42 Å². The molecule has 11 heavy (non-hydrogen) atoms. The first-order valence-corrected chi connectivity index (χ1v) is 5.59. The summed E-state index contributed by atoms with van der Waals surface area (Å²) in [5.74, 6) is 0.267. The van der Waals surface area contributed by atoms with E-state index in [0.717, 1.165) is 6.42 Å². The first-order valence-electron chi connectivity index (χ1n) is 3.98. The molecule has 0 heterocycles. The van der Waals surface area contributed by atoms with Gasteiger partial charge in [0, 0.05) is 13.6 Å². The molecular formula is C7H17NO2S. The van der Waals surface area contributed by atoms with Crippen LogP contribution in [0.4, 0.5) is 0 Å². The first-order chi connectivity index (χ1) is 5.04. The van der Waals surface area contributed by atoms with Crippen LogP contribution in [0.3, 0.4) is 0 Å². The third-order valence-corrected chi connectivity index (χ3v) is 3.53. The van der Waals surface area contributed by atoms with E-state index in [4.69, 9.17) is 0 Å². The molecule has 0 saturated heterocycles. The Kier molecular flexibility index (Phi) is 4.68. The molecule has 0 radical (unpaired) electrons. The number of rotatable bonds is 5. The minimum absolute atomic E-state index is 0.267. The van der Waals surface area contributed by atoms with Gasteiger partial charge >= 0.3 is 0 Å². The van der Waals surface area contributed by atoms with Gasteiger partial charge in [-0.15, -0.1) is 0 Å². The quantitative estimate of drug-likeness (QED) is 0.633. The summed E-state index contributed by atoms with van der Waals surface area (Å²) in [6.07, 6.45) is 1.57. The normalized spacial score (nSPS) is 12.4. The average Bonchev–Trinajstić information content (AvgIpc) is 1.88. The molecule has 0 aliphatic rings. The van der Waals surface area contributed by atoms with E-state index < -0.39 is 10.0 Å².